The third kappa shape index (κ3) is 6.11. The van der Waals surface area contributed by atoms with Gasteiger partial charge in [0.1, 0.15) is 6.42 Å². The molecule has 2 unspecified atom stereocenters. The predicted octanol–water partition coefficient (Wildman–Crippen LogP) is 2.91. The van der Waals surface area contributed by atoms with E-state index in [2.05, 4.69) is 20.8 Å². The highest BCUT2D eigenvalue weighted by molar-refractivity contribution is 5.71. The van der Waals surface area contributed by atoms with Gasteiger partial charge in [0.25, 0.3) is 0 Å². The van der Waals surface area contributed by atoms with E-state index in [1.807, 2.05) is 0 Å². The van der Waals surface area contributed by atoms with Crippen LogP contribution in [0.4, 0.5) is 0 Å². The Labute approximate surface area is 92.4 Å². The molecule has 0 spiro atoms. The first-order chi connectivity index (χ1) is 7.15. The number of nitrogens with zero attached hydrogens (tertiary/aromatic N) is 1. The second-order valence-corrected chi connectivity index (χ2v) is 3.95. The molecular weight excluding hydrogens is 190 g/mol. The highest BCUT2D eigenvalue weighted by Gasteiger charge is 2.16. The molecule has 0 aromatic carbocycles. The number of ether oxygens (including phenoxy) is 1. The lowest BCUT2D eigenvalue weighted by atomic mass is 9.89. The number of esters is 1. The standard InChI is InChI=1S/C12H21NO2/c1-4-6-10(3)11(5-2)9-15-12(14)7-8-13/h10-11H,4-7,9H2,1-3H3. The fraction of sp³-hybridized carbons (Fsp3) is 0.833. The summed E-state index contributed by atoms with van der Waals surface area (Å²) < 4.78 is 5.04. The number of hydrogen-bond donors (Lipinski definition) is 0. The Morgan fingerprint density at radius 2 is 2.13 bits per heavy atom. The quantitative estimate of drug-likeness (QED) is 0.608. The lowest BCUT2D eigenvalue weighted by molar-refractivity contribution is -0.144. The molecule has 0 N–H and O–H groups in total. The third-order valence-electron chi connectivity index (χ3n) is 2.75. The average molecular weight is 211 g/mol. The lowest BCUT2D eigenvalue weighted by Crippen LogP contribution is -2.19. The van der Waals surface area contributed by atoms with Crippen molar-refractivity contribution in [2.45, 2.75) is 46.5 Å². The monoisotopic (exact) mass is 211 g/mol. The number of hydrogen-bond acceptors (Lipinski definition) is 3. The molecule has 0 saturated heterocycles. The molecule has 0 heterocycles. The van der Waals surface area contributed by atoms with Crippen LogP contribution in [-0.4, -0.2) is 12.6 Å². The fourth-order valence-electron chi connectivity index (χ4n) is 1.69. The predicted molar refractivity (Wildman–Crippen MR) is 59.0 cm³/mol. The summed E-state index contributed by atoms with van der Waals surface area (Å²) in [6, 6.07) is 1.79. The van der Waals surface area contributed by atoms with E-state index in [1.54, 1.807) is 6.07 Å². The lowest BCUT2D eigenvalue weighted by Gasteiger charge is -2.21. The van der Waals surface area contributed by atoms with E-state index < -0.39 is 5.97 Å². The molecule has 0 aliphatic carbocycles. The van der Waals surface area contributed by atoms with Gasteiger partial charge in [0.15, 0.2) is 0 Å². The van der Waals surface area contributed by atoms with Gasteiger partial charge in [-0.1, -0.05) is 33.6 Å². The maximum absolute atomic E-state index is 11.0. The smallest absolute Gasteiger partial charge is 0.320 e. The molecule has 0 amide bonds. The van der Waals surface area contributed by atoms with Crippen LogP contribution in [0.1, 0.15) is 46.5 Å². The molecule has 2 atom stereocenters. The Balaban J connectivity index is 3.89. The normalized spacial score (nSPS) is 14.0. The van der Waals surface area contributed by atoms with Gasteiger partial charge in [-0.25, -0.2) is 0 Å². The van der Waals surface area contributed by atoms with Crippen LogP contribution in [-0.2, 0) is 9.53 Å². The van der Waals surface area contributed by atoms with Crippen molar-refractivity contribution in [1.82, 2.24) is 0 Å². The molecule has 0 saturated carbocycles. The first kappa shape index (κ1) is 14.0. The van der Waals surface area contributed by atoms with E-state index >= 15 is 0 Å². The molecule has 86 valence electrons. The zero-order valence-electron chi connectivity index (χ0n) is 9.95. The summed E-state index contributed by atoms with van der Waals surface area (Å²) in [7, 11) is 0. The van der Waals surface area contributed by atoms with Gasteiger partial charge in [-0.2, -0.15) is 5.26 Å². The minimum Gasteiger partial charge on any atom is -0.465 e. The van der Waals surface area contributed by atoms with Crippen LogP contribution < -0.4 is 0 Å². The first-order valence-corrected chi connectivity index (χ1v) is 5.68. The number of carbonyl (C=O) groups excluding carboxylic acids is 1. The van der Waals surface area contributed by atoms with Crippen LogP contribution in [0.25, 0.3) is 0 Å². The van der Waals surface area contributed by atoms with Crippen LogP contribution in [0.5, 0.6) is 0 Å². The molecule has 15 heavy (non-hydrogen) atoms. The summed E-state index contributed by atoms with van der Waals surface area (Å²) in [5.74, 6) is 0.599. The van der Waals surface area contributed by atoms with Crippen molar-refractivity contribution >= 4 is 5.97 Å². The summed E-state index contributed by atoms with van der Waals surface area (Å²) >= 11 is 0. The first-order valence-electron chi connectivity index (χ1n) is 5.68. The zero-order valence-corrected chi connectivity index (χ0v) is 9.95. The van der Waals surface area contributed by atoms with E-state index in [-0.39, 0.29) is 6.42 Å². The van der Waals surface area contributed by atoms with Gasteiger partial charge >= 0.3 is 5.97 Å². The van der Waals surface area contributed by atoms with E-state index in [4.69, 9.17) is 10.00 Å². The maximum Gasteiger partial charge on any atom is 0.320 e. The Morgan fingerprint density at radius 1 is 1.47 bits per heavy atom. The zero-order chi connectivity index (χ0) is 11.7. The van der Waals surface area contributed by atoms with Crippen LogP contribution in [0.3, 0.4) is 0 Å². The van der Waals surface area contributed by atoms with Gasteiger partial charge in [0.05, 0.1) is 12.7 Å². The van der Waals surface area contributed by atoms with Crippen molar-refractivity contribution in [3.63, 3.8) is 0 Å². The van der Waals surface area contributed by atoms with Crippen molar-refractivity contribution in [3.05, 3.63) is 0 Å². The van der Waals surface area contributed by atoms with E-state index in [9.17, 15) is 4.79 Å². The van der Waals surface area contributed by atoms with Crippen LogP contribution in [0.2, 0.25) is 0 Å². The van der Waals surface area contributed by atoms with Crippen LogP contribution >= 0.6 is 0 Å². The minimum absolute atomic E-state index is 0.140. The molecule has 0 fully saturated rings. The van der Waals surface area contributed by atoms with Crippen molar-refractivity contribution in [2.24, 2.45) is 11.8 Å². The van der Waals surface area contributed by atoms with E-state index in [1.165, 1.54) is 0 Å². The number of carbonyl (C=O) groups is 1. The second kappa shape index (κ2) is 8.28. The van der Waals surface area contributed by atoms with Gasteiger partial charge in [0.2, 0.25) is 0 Å². The molecule has 0 rings (SSSR count). The third-order valence-corrected chi connectivity index (χ3v) is 2.75. The number of nitriles is 1. The van der Waals surface area contributed by atoms with Crippen molar-refractivity contribution in [1.29, 1.82) is 5.26 Å². The SMILES string of the molecule is CCCC(C)C(CC)COC(=O)CC#N. The molecule has 3 nitrogen and oxygen atoms in total. The van der Waals surface area contributed by atoms with E-state index in [0.29, 0.717) is 18.4 Å². The molecule has 3 heteroatoms. The summed E-state index contributed by atoms with van der Waals surface area (Å²) in [5.41, 5.74) is 0. The Hall–Kier alpha value is -1.04. The van der Waals surface area contributed by atoms with Gasteiger partial charge in [-0.3, -0.25) is 4.79 Å². The summed E-state index contributed by atoms with van der Waals surface area (Å²) in [6.07, 6.45) is 3.19. The molecule has 0 aliphatic rings. The Morgan fingerprint density at radius 3 is 2.60 bits per heavy atom. The molecular formula is C12H21NO2. The topological polar surface area (TPSA) is 50.1 Å². The van der Waals surface area contributed by atoms with Gasteiger partial charge in [0, 0.05) is 0 Å². The van der Waals surface area contributed by atoms with Gasteiger partial charge in [-0.05, 0) is 18.3 Å². The van der Waals surface area contributed by atoms with Gasteiger partial charge < -0.3 is 4.74 Å². The summed E-state index contributed by atoms with van der Waals surface area (Å²) in [5, 5.41) is 8.30. The Kier molecular flexibility index (Phi) is 7.71. The van der Waals surface area contributed by atoms with Crippen molar-refractivity contribution < 1.29 is 9.53 Å². The van der Waals surface area contributed by atoms with Crippen molar-refractivity contribution in [2.75, 3.05) is 6.61 Å². The Bertz CT molecular complexity index is 220. The number of rotatable bonds is 7. The molecule has 0 bridgehead atoms. The fourth-order valence-corrected chi connectivity index (χ4v) is 1.69. The summed E-state index contributed by atoms with van der Waals surface area (Å²) in [6.45, 7) is 6.91. The largest absolute Gasteiger partial charge is 0.465 e. The minimum atomic E-state index is -0.403. The van der Waals surface area contributed by atoms with Crippen LogP contribution in [0, 0.1) is 23.2 Å². The molecule has 0 aromatic rings. The summed E-state index contributed by atoms with van der Waals surface area (Å²) in [4.78, 5) is 11.0. The second-order valence-electron chi connectivity index (χ2n) is 3.95. The molecule has 0 aliphatic heterocycles. The van der Waals surface area contributed by atoms with Crippen LogP contribution in [0.15, 0.2) is 0 Å². The average Bonchev–Trinajstić information content (AvgIpc) is 2.19. The van der Waals surface area contributed by atoms with E-state index in [0.717, 1.165) is 19.3 Å². The molecule has 0 aromatic heterocycles. The maximum atomic E-state index is 11.0. The van der Waals surface area contributed by atoms with Gasteiger partial charge in [-0.15, -0.1) is 0 Å². The molecule has 0 radical (unpaired) electrons. The highest BCUT2D eigenvalue weighted by atomic mass is 16.5. The highest BCUT2D eigenvalue weighted by Crippen LogP contribution is 2.20. The van der Waals surface area contributed by atoms with Crippen molar-refractivity contribution in [3.8, 4) is 6.07 Å².